The number of thiophene rings is 1. The predicted octanol–water partition coefficient (Wildman–Crippen LogP) is 1.36. The second-order valence-corrected chi connectivity index (χ2v) is 5.22. The number of carbonyl (C=O) groups excluding carboxylic acids is 1. The van der Waals surface area contributed by atoms with E-state index < -0.39 is 0 Å². The molecular formula is C12H14N4OS. The second-order valence-electron chi connectivity index (χ2n) is 4.33. The molecule has 3 rings (SSSR count). The third-order valence-electron chi connectivity index (χ3n) is 3.27. The Balaban J connectivity index is 1.84. The summed E-state index contributed by atoms with van der Waals surface area (Å²) in [6, 6.07) is 2.06. The molecule has 0 atom stereocenters. The van der Waals surface area contributed by atoms with Gasteiger partial charge < -0.3 is 9.80 Å². The van der Waals surface area contributed by atoms with Crippen LogP contribution in [0, 0.1) is 0 Å². The Morgan fingerprint density at radius 2 is 2.06 bits per heavy atom. The fourth-order valence-corrected chi connectivity index (χ4v) is 2.99. The van der Waals surface area contributed by atoms with Crippen molar-refractivity contribution in [1.29, 1.82) is 0 Å². The lowest BCUT2D eigenvalue weighted by atomic mass is 10.2. The number of fused-ring (bicyclic) bond motifs is 1. The number of piperazine rings is 1. The van der Waals surface area contributed by atoms with Gasteiger partial charge in [-0.3, -0.25) is 4.79 Å². The van der Waals surface area contributed by atoms with E-state index in [1.165, 1.54) is 0 Å². The Morgan fingerprint density at radius 1 is 1.28 bits per heavy atom. The summed E-state index contributed by atoms with van der Waals surface area (Å²) >= 11 is 1.63. The van der Waals surface area contributed by atoms with Crippen LogP contribution in [0.5, 0.6) is 0 Å². The van der Waals surface area contributed by atoms with E-state index in [-0.39, 0.29) is 5.91 Å². The molecule has 0 N–H and O–H groups in total. The number of hydrogen-bond donors (Lipinski definition) is 0. The van der Waals surface area contributed by atoms with Gasteiger partial charge in [0.2, 0.25) is 5.91 Å². The Morgan fingerprint density at radius 3 is 2.78 bits per heavy atom. The van der Waals surface area contributed by atoms with Crippen molar-refractivity contribution in [1.82, 2.24) is 14.9 Å². The monoisotopic (exact) mass is 262 g/mol. The largest absolute Gasteiger partial charge is 0.352 e. The van der Waals surface area contributed by atoms with Crippen LogP contribution in [0.3, 0.4) is 0 Å². The number of hydrogen-bond acceptors (Lipinski definition) is 5. The molecule has 3 heterocycles. The normalized spacial score (nSPS) is 16.3. The van der Waals surface area contributed by atoms with Crippen LogP contribution in [-0.2, 0) is 4.79 Å². The van der Waals surface area contributed by atoms with Crippen molar-refractivity contribution >= 4 is 33.3 Å². The maximum absolute atomic E-state index is 11.3. The van der Waals surface area contributed by atoms with Gasteiger partial charge in [-0.15, -0.1) is 11.3 Å². The van der Waals surface area contributed by atoms with Crippen molar-refractivity contribution in [3.8, 4) is 0 Å². The van der Waals surface area contributed by atoms with Crippen molar-refractivity contribution in [2.24, 2.45) is 0 Å². The van der Waals surface area contributed by atoms with Gasteiger partial charge in [-0.05, 0) is 11.4 Å². The summed E-state index contributed by atoms with van der Waals surface area (Å²) in [5, 5.41) is 3.15. The highest BCUT2D eigenvalue weighted by Gasteiger charge is 2.21. The van der Waals surface area contributed by atoms with Crippen LogP contribution < -0.4 is 4.90 Å². The smallest absolute Gasteiger partial charge is 0.219 e. The molecule has 5 nitrogen and oxygen atoms in total. The third kappa shape index (κ3) is 1.92. The fraction of sp³-hybridized carbons (Fsp3) is 0.417. The van der Waals surface area contributed by atoms with Crippen LogP contribution >= 0.6 is 11.3 Å². The first-order chi connectivity index (χ1) is 8.75. The molecule has 18 heavy (non-hydrogen) atoms. The average Bonchev–Trinajstić information content (AvgIpc) is 2.87. The Hall–Kier alpha value is -1.69. The molecular weight excluding hydrogens is 248 g/mol. The summed E-state index contributed by atoms with van der Waals surface area (Å²) in [5.41, 5.74) is 0. The molecule has 0 bridgehead atoms. The lowest BCUT2D eigenvalue weighted by molar-refractivity contribution is -0.129. The summed E-state index contributed by atoms with van der Waals surface area (Å²) in [7, 11) is 0. The summed E-state index contributed by atoms with van der Waals surface area (Å²) in [5.74, 6) is 1.14. The molecule has 0 saturated carbocycles. The van der Waals surface area contributed by atoms with Gasteiger partial charge in [-0.1, -0.05) is 0 Å². The van der Waals surface area contributed by atoms with Crippen molar-refractivity contribution in [2.75, 3.05) is 31.1 Å². The van der Waals surface area contributed by atoms with E-state index in [9.17, 15) is 4.79 Å². The molecule has 0 radical (unpaired) electrons. The number of amides is 1. The Kier molecular flexibility index (Phi) is 2.87. The molecule has 2 aromatic heterocycles. The third-order valence-corrected chi connectivity index (χ3v) is 4.09. The van der Waals surface area contributed by atoms with Gasteiger partial charge in [0.1, 0.15) is 17.0 Å². The van der Waals surface area contributed by atoms with Crippen molar-refractivity contribution in [3.63, 3.8) is 0 Å². The van der Waals surface area contributed by atoms with Crippen LogP contribution in [0.25, 0.3) is 10.2 Å². The molecule has 2 aromatic rings. The molecule has 1 aliphatic heterocycles. The molecule has 94 valence electrons. The van der Waals surface area contributed by atoms with Gasteiger partial charge in [-0.25, -0.2) is 9.97 Å². The van der Waals surface area contributed by atoms with Gasteiger partial charge in [-0.2, -0.15) is 0 Å². The topological polar surface area (TPSA) is 49.3 Å². The molecule has 1 fully saturated rings. The van der Waals surface area contributed by atoms with Crippen molar-refractivity contribution in [2.45, 2.75) is 6.92 Å². The lowest BCUT2D eigenvalue weighted by Crippen LogP contribution is -2.48. The quantitative estimate of drug-likeness (QED) is 0.778. The summed E-state index contributed by atoms with van der Waals surface area (Å²) in [6.45, 7) is 4.83. The molecule has 0 unspecified atom stereocenters. The minimum Gasteiger partial charge on any atom is -0.352 e. The lowest BCUT2D eigenvalue weighted by Gasteiger charge is -2.35. The zero-order valence-electron chi connectivity index (χ0n) is 10.2. The summed E-state index contributed by atoms with van der Waals surface area (Å²) < 4.78 is 0. The van der Waals surface area contributed by atoms with Crippen LogP contribution in [0.15, 0.2) is 17.8 Å². The number of nitrogens with zero attached hydrogens (tertiary/aromatic N) is 4. The van der Waals surface area contributed by atoms with E-state index in [4.69, 9.17) is 0 Å². The highest BCUT2D eigenvalue weighted by Crippen LogP contribution is 2.27. The van der Waals surface area contributed by atoms with Crippen LogP contribution in [0.4, 0.5) is 5.82 Å². The highest BCUT2D eigenvalue weighted by atomic mass is 32.1. The first-order valence-corrected chi connectivity index (χ1v) is 6.82. The van der Waals surface area contributed by atoms with Crippen LogP contribution in [0.2, 0.25) is 0 Å². The van der Waals surface area contributed by atoms with Crippen LogP contribution in [0.1, 0.15) is 6.92 Å². The number of anilines is 1. The van der Waals surface area contributed by atoms with Gasteiger partial charge in [0, 0.05) is 33.1 Å². The minimum atomic E-state index is 0.151. The maximum Gasteiger partial charge on any atom is 0.219 e. The zero-order chi connectivity index (χ0) is 12.5. The van der Waals surface area contributed by atoms with Gasteiger partial charge in [0.05, 0.1) is 5.39 Å². The van der Waals surface area contributed by atoms with Gasteiger partial charge in [0.15, 0.2) is 0 Å². The van der Waals surface area contributed by atoms with Gasteiger partial charge >= 0.3 is 0 Å². The van der Waals surface area contributed by atoms with E-state index in [0.29, 0.717) is 0 Å². The molecule has 0 spiro atoms. The second kappa shape index (κ2) is 4.53. The van der Waals surface area contributed by atoms with E-state index >= 15 is 0 Å². The molecule has 1 saturated heterocycles. The maximum atomic E-state index is 11.3. The Bertz CT molecular complexity index is 574. The van der Waals surface area contributed by atoms with E-state index in [2.05, 4.69) is 20.9 Å². The molecule has 0 aliphatic carbocycles. The van der Waals surface area contributed by atoms with Crippen molar-refractivity contribution < 1.29 is 4.79 Å². The van der Waals surface area contributed by atoms with E-state index in [0.717, 1.165) is 42.2 Å². The number of rotatable bonds is 1. The standard InChI is InChI=1S/C12H14N4OS/c1-9(17)15-3-5-16(6-4-15)11-10-2-7-18-12(10)14-8-13-11/h2,7-8H,3-6H2,1H3. The number of aromatic nitrogens is 2. The molecule has 6 heteroatoms. The predicted molar refractivity (Wildman–Crippen MR) is 71.9 cm³/mol. The SMILES string of the molecule is CC(=O)N1CCN(c2ncnc3sccc23)CC1. The van der Waals surface area contributed by atoms with E-state index in [1.54, 1.807) is 24.6 Å². The van der Waals surface area contributed by atoms with Crippen LogP contribution in [-0.4, -0.2) is 47.0 Å². The van der Waals surface area contributed by atoms with E-state index in [1.807, 2.05) is 10.3 Å². The fourth-order valence-electron chi connectivity index (χ4n) is 2.26. The molecule has 0 aromatic carbocycles. The average molecular weight is 262 g/mol. The molecule has 1 amide bonds. The first kappa shape index (κ1) is 11.4. The minimum absolute atomic E-state index is 0.151. The zero-order valence-corrected chi connectivity index (χ0v) is 11.0. The van der Waals surface area contributed by atoms with Gasteiger partial charge in [0.25, 0.3) is 0 Å². The Labute approximate surface area is 109 Å². The van der Waals surface area contributed by atoms with Crippen molar-refractivity contribution in [3.05, 3.63) is 17.8 Å². The first-order valence-electron chi connectivity index (χ1n) is 5.94. The molecule has 1 aliphatic rings. The number of carbonyl (C=O) groups is 1. The summed E-state index contributed by atoms with van der Waals surface area (Å²) in [4.78, 5) is 25.1. The highest BCUT2D eigenvalue weighted by molar-refractivity contribution is 7.16. The summed E-state index contributed by atoms with van der Waals surface area (Å²) in [6.07, 6.45) is 1.62.